The number of halogens is 3. The molecule has 1 heterocycles. The maximum Gasteiger partial charge on any atom is 0.423 e. The summed E-state index contributed by atoms with van der Waals surface area (Å²) in [6.07, 6.45) is -4.96. The number of nitro groups is 1. The van der Waals surface area contributed by atoms with Gasteiger partial charge < -0.3 is 9.88 Å². The second-order valence-electron chi connectivity index (χ2n) is 6.57. The molecule has 30 heavy (non-hydrogen) atoms. The molecule has 3 aromatic rings. The Bertz CT molecular complexity index is 1230. The van der Waals surface area contributed by atoms with Crippen molar-refractivity contribution in [1.82, 2.24) is 4.57 Å². The highest BCUT2D eigenvalue weighted by atomic mass is 19.4. The number of pyridine rings is 1. The Balaban J connectivity index is 1.99. The van der Waals surface area contributed by atoms with E-state index in [2.05, 4.69) is 5.32 Å². The summed E-state index contributed by atoms with van der Waals surface area (Å²) in [5.74, 6) is -0.748. The highest BCUT2D eigenvalue weighted by Crippen LogP contribution is 2.37. The van der Waals surface area contributed by atoms with E-state index in [0.29, 0.717) is 29.6 Å². The number of nitro benzene ring substituents is 1. The van der Waals surface area contributed by atoms with Crippen molar-refractivity contribution in [3.05, 3.63) is 79.6 Å². The highest BCUT2D eigenvalue weighted by molar-refractivity contribution is 6.06. The van der Waals surface area contributed by atoms with E-state index in [0.717, 1.165) is 11.8 Å². The standard InChI is InChI=1S/C20H16F3N3O4/c1-3-25-11(2)8-18(27)14-9-12(4-6-16(14)25)19(28)24-13-5-7-17(26(29)30)15(10-13)20(21,22)23/h4-10H,3H2,1-2H3,(H,24,28). The van der Waals surface area contributed by atoms with Gasteiger partial charge in [0.2, 0.25) is 0 Å². The summed E-state index contributed by atoms with van der Waals surface area (Å²) in [4.78, 5) is 34.6. The Labute approximate surface area is 167 Å². The molecule has 1 N–H and O–H groups in total. The lowest BCUT2D eigenvalue weighted by molar-refractivity contribution is -0.388. The third-order valence-corrected chi connectivity index (χ3v) is 4.65. The fourth-order valence-corrected chi connectivity index (χ4v) is 3.27. The number of aromatic nitrogens is 1. The van der Waals surface area contributed by atoms with E-state index < -0.39 is 28.3 Å². The zero-order valence-corrected chi connectivity index (χ0v) is 15.9. The van der Waals surface area contributed by atoms with Crippen LogP contribution in [0.15, 0.2) is 47.3 Å². The van der Waals surface area contributed by atoms with Crippen molar-refractivity contribution in [3.8, 4) is 0 Å². The monoisotopic (exact) mass is 419 g/mol. The first-order valence-electron chi connectivity index (χ1n) is 8.84. The molecule has 2 aromatic carbocycles. The molecule has 0 bridgehead atoms. The van der Waals surface area contributed by atoms with Gasteiger partial charge in [-0.05, 0) is 44.2 Å². The number of nitrogens with one attached hydrogen (secondary N) is 1. The number of nitrogens with zero attached hydrogens (tertiary/aromatic N) is 2. The minimum absolute atomic E-state index is 0.0676. The predicted molar refractivity (Wildman–Crippen MR) is 105 cm³/mol. The number of alkyl halides is 3. The fraction of sp³-hybridized carbons (Fsp3) is 0.200. The van der Waals surface area contributed by atoms with Crippen LogP contribution in [0.3, 0.4) is 0 Å². The molecule has 0 atom stereocenters. The smallest absolute Gasteiger partial charge is 0.345 e. The molecule has 0 radical (unpaired) electrons. The summed E-state index contributed by atoms with van der Waals surface area (Å²) >= 11 is 0. The van der Waals surface area contributed by atoms with Crippen molar-refractivity contribution < 1.29 is 22.9 Å². The summed E-state index contributed by atoms with van der Waals surface area (Å²) in [5, 5.41) is 13.4. The van der Waals surface area contributed by atoms with Crippen LogP contribution in [0.25, 0.3) is 10.9 Å². The largest absolute Gasteiger partial charge is 0.423 e. The second-order valence-corrected chi connectivity index (χ2v) is 6.57. The van der Waals surface area contributed by atoms with Crippen LogP contribution in [0, 0.1) is 17.0 Å². The molecule has 156 valence electrons. The summed E-state index contributed by atoms with van der Waals surface area (Å²) in [6, 6.07) is 8.07. The lowest BCUT2D eigenvalue weighted by Gasteiger charge is -2.13. The maximum atomic E-state index is 13.1. The van der Waals surface area contributed by atoms with Crippen LogP contribution in [0.1, 0.15) is 28.5 Å². The van der Waals surface area contributed by atoms with Gasteiger partial charge in [0.25, 0.3) is 11.6 Å². The van der Waals surface area contributed by atoms with Crippen LogP contribution >= 0.6 is 0 Å². The third kappa shape index (κ3) is 3.88. The Hall–Kier alpha value is -3.69. The van der Waals surface area contributed by atoms with E-state index in [1.807, 2.05) is 11.5 Å². The Morgan fingerprint density at radius 2 is 1.87 bits per heavy atom. The number of aryl methyl sites for hydroxylation is 2. The number of rotatable bonds is 4. The van der Waals surface area contributed by atoms with Gasteiger partial charge in [0.1, 0.15) is 5.56 Å². The summed E-state index contributed by atoms with van der Waals surface area (Å²) < 4.78 is 41.2. The van der Waals surface area contributed by atoms with Crippen LogP contribution in [-0.4, -0.2) is 15.4 Å². The normalized spacial score (nSPS) is 11.5. The van der Waals surface area contributed by atoms with Gasteiger partial charge in [-0.1, -0.05) is 0 Å². The minimum atomic E-state index is -4.96. The number of hydrogen-bond donors (Lipinski definition) is 1. The number of amides is 1. The first-order valence-corrected chi connectivity index (χ1v) is 8.84. The van der Waals surface area contributed by atoms with Crippen molar-refractivity contribution in [1.29, 1.82) is 0 Å². The van der Waals surface area contributed by atoms with Crippen molar-refractivity contribution >= 4 is 28.2 Å². The number of fused-ring (bicyclic) bond motifs is 1. The molecule has 10 heteroatoms. The van der Waals surface area contributed by atoms with Crippen molar-refractivity contribution in [3.63, 3.8) is 0 Å². The minimum Gasteiger partial charge on any atom is -0.345 e. The summed E-state index contributed by atoms with van der Waals surface area (Å²) in [6.45, 7) is 4.30. The van der Waals surface area contributed by atoms with E-state index in [1.54, 1.807) is 13.0 Å². The van der Waals surface area contributed by atoms with Gasteiger partial charge in [-0.15, -0.1) is 0 Å². The molecule has 0 fully saturated rings. The fourth-order valence-electron chi connectivity index (χ4n) is 3.27. The van der Waals surface area contributed by atoms with Gasteiger partial charge in [-0.2, -0.15) is 13.2 Å². The predicted octanol–water partition coefficient (Wildman–Crippen LogP) is 4.51. The highest BCUT2D eigenvalue weighted by Gasteiger charge is 2.38. The first-order chi connectivity index (χ1) is 14.0. The number of anilines is 1. The lowest BCUT2D eigenvalue weighted by Crippen LogP contribution is -2.16. The van der Waals surface area contributed by atoms with Crippen LogP contribution < -0.4 is 10.7 Å². The van der Waals surface area contributed by atoms with E-state index in [-0.39, 0.29) is 16.7 Å². The van der Waals surface area contributed by atoms with E-state index >= 15 is 0 Å². The third-order valence-electron chi connectivity index (χ3n) is 4.65. The van der Waals surface area contributed by atoms with Crippen molar-refractivity contribution in [2.24, 2.45) is 0 Å². The van der Waals surface area contributed by atoms with Crippen LogP contribution in [0.2, 0.25) is 0 Å². The Morgan fingerprint density at radius 3 is 2.47 bits per heavy atom. The Morgan fingerprint density at radius 1 is 1.17 bits per heavy atom. The van der Waals surface area contributed by atoms with Crippen LogP contribution in [0.5, 0.6) is 0 Å². The molecule has 1 aromatic heterocycles. The average molecular weight is 419 g/mol. The Kier molecular flexibility index (Phi) is 5.34. The van der Waals surface area contributed by atoms with E-state index in [9.17, 15) is 32.9 Å². The molecular weight excluding hydrogens is 403 g/mol. The maximum absolute atomic E-state index is 13.1. The van der Waals surface area contributed by atoms with E-state index in [1.165, 1.54) is 18.2 Å². The zero-order valence-electron chi connectivity index (χ0n) is 15.9. The van der Waals surface area contributed by atoms with Gasteiger partial charge in [0.15, 0.2) is 5.43 Å². The second kappa shape index (κ2) is 7.62. The number of carbonyl (C=O) groups excluding carboxylic acids is 1. The van der Waals surface area contributed by atoms with Gasteiger partial charge in [-0.3, -0.25) is 19.7 Å². The average Bonchev–Trinajstić information content (AvgIpc) is 2.67. The molecule has 1 amide bonds. The molecule has 3 rings (SSSR count). The van der Waals surface area contributed by atoms with Gasteiger partial charge in [0.05, 0.1) is 10.4 Å². The molecule has 0 spiro atoms. The summed E-state index contributed by atoms with van der Waals surface area (Å²) in [7, 11) is 0. The zero-order chi connectivity index (χ0) is 22.2. The van der Waals surface area contributed by atoms with Gasteiger partial charge in [0, 0.05) is 41.0 Å². The number of benzene rings is 2. The van der Waals surface area contributed by atoms with Crippen molar-refractivity contribution in [2.75, 3.05) is 5.32 Å². The lowest BCUT2D eigenvalue weighted by atomic mass is 10.1. The molecular formula is C20H16F3N3O4. The van der Waals surface area contributed by atoms with Crippen LogP contribution in [-0.2, 0) is 12.7 Å². The molecule has 0 saturated carbocycles. The molecule has 0 saturated heterocycles. The molecule has 7 nitrogen and oxygen atoms in total. The molecule has 0 unspecified atom stereocenters. The van der Waals surface area contributed by atoms with Crippen molar-refractivity contribution in [2.45, 2.75) is 26.6 Å². The topological polar surface area (TPSA) is 94.2 Å². The first kappa shape index (κ1) is 21.0. The molecule has 0 aliphatic rings. The SMILES string of the molecule is CCn1c(C)cc(=O)c2cc(C(=O)Nc3ccc([N+](=O)[O-])c(C(F)(F)F)c3)ccc21. The quantitative estimate of drug-likeness (QED) is 0.497. The number of carbonyl (C=O) groups is 1. The van der Waals surface area contributed by atoms with E-state index in [4.69, 9.17) is 0 Å². The molecule has 0 aliphatic heterocycles. The van der Waals surface area contributed by atoms with Gasteiger partial charge in [-0.25, -0.2) is 0 Å². The van der Waals surface area contributed by atoms with Gasteiger partial charge >= 0.3 is 6.18 Å². The summed E-state index contributed by atoms with van der Waals surface area (Å²) in [5.41, 5.74) is -1.65. The number of hydrogen-bond acceptors (Lipinski definition) is 4. The molecule has 0 aliphatic carbocycles. The van der Waals surface area contributed by atoms with Crippen LogP contribution in [0.4, 0.5) is 24.5 Å².